The van der Waals surface area contributed by atoms with Crippen LogP contribution in [0.15, 0.2) is 24.4 Å². The Kier molecular flexibility index (Phi) is 3.12. The number of rotatable bonds is 0. The Morgan fingerprint density at radius 3 is 2.50 bits per heavy atom. The smallest absolute Gasteiger partial charge is 0.140 e. The predicted molar refractivity (Wildman–Crippen MR) is 60.6 cm³/mol. The van der Waals surface area contributed by atoms with Crippen molar-refractivity contribution in [3.8, 4) is 11.3 Å². The van der Waals surface area contributed by atoms with Crippen molar-refractivity contribution in [3.05, 3.63) is 53.2 Å². The summed E-state index contributed by atoms with van der Waals surface area (Å²) in [6, 6.07) is 7.12. The van der Waals surface area contributed by atoms with E-state index in [0.717, 1.165) is 16.7 Å². The molecule has 1 nitrogen and oxygen atoms in total. The van der Waals surface area contributed by atoms with Crippen molar-refractivity contribution in [3.63, 3.8) is 0 Å². The van der Waals surface area contributed by atoms with E-state index in [1.54, 1.807) is 0 Å². The minimum Gasteiger partial charge on any atom is -0.301 e. The minimum atomic E-state index is -0.432. The molecule has 0 fully saturated rings. The summed E-state index contributed by atoms with van der Waals surface area (Å²) in [6.07, 6.45) is 1.18. The van der Waals surface area contributed by atoms with Crippen LogP contribution in [-0.4, -0.2) is 4.98 Å². The Bertz CT molecular complexity index is 570. The van der Waals surface area contributed by atoms with Gasteiger partial charge in [-0.2, -0.15) is 0 Å². The van der Waals surface area contributed by atoms with Crippen LogP contribution >= 0.6 is 0 Å². The van der Waals surface area contributed by atoms with Crippen LogP contribution in [0.2, 0.25) is 0 Å². The van der Waals surface area contributed by atoms with Gasteiger partial charge >= 0.3 is 0 Å². The van der Waals surface area contributed by atoms with Gasteiger partial charge in [0.05, 0.1) is 6.20 Å². The molecule has 0 N–H and O–H groups in total. The normalized spacial score (nSPS) is 14.7. The van der Waals surface area contributed by atoms with Gasteiger partial charge in [0.2, 0.25) is 0 Å². The monoisotopic (exact) mass is 423 g/mol. The van der Waals surface area contributed by atoms with E-state index in [4.69, 9.17) is 0 Å². The fourth-order valence-electron chi connectivity index (χ4n) is 2.42. The maximum atomic E-state index is 13.3. The van der Waals surface area contributed by atoms with Crippen molar-refractivity contribution in [2.75, 3.05) is 0 Å². The molecular weight excluding hydrogens is 412 g/mol. The maximum Gasteiger partial charge on any atom is 0.140 e. The number of halogens is 2. The first kappa shape index (κ1) is 13.3. The fourth-order valence-corrected chi connectivity index (χ4v) is 2.42. The van der Waals surface area contributed by atoms with Crippen LogP contribution in [0.1, 0.15) is 25.0 Å². The average molecular weight is 422 g/mol. The van der Waals surface area contributed by atoms with Crippen LogP contribution in [0, 0.1) is 17.7 Å². The van der Waals surface area contributed by atoms with Crippen LogP contribution in [0.25, 0.3) is 11.3 Å². The third kappa shape index (κ3) is 1.72. The molecule has 0 atom stereocenters. The van der Waals surface area contributed by atoms with Crippen LogP contribution in [0.5, 0.6) is 0 Å². The molecule has 1 aromatic heterocycles. The first-order chi connectivity index (χ1) is 8.00. The number of aromatic nitrogens is 1. The summed E-state index contributed by atoms with van der Waals surface area (Å²) in [4.78, 5) is 4.10. The first-order valence-electron chi connectivity index (χ1n) is 5.38. The summed E-state index contributed by atoms with van der Waals surface area (Å²) >= 11 is 0. The summed E-state index contributed by atoms with van der Waals surface area (Å²) in [5.74, 6) is -0.699. The predicted octanol–water partition coefficient (Wildman–Crippen LogP) is 3.46. The van der Waals surface area contributed by atoms with E-state index < -0.39 is 5.41 Å². The molecule has 95 valence electrons. The molecular formula is C14H10F2IrN-. The van der Waals surface area contributed by atoms with E-state index in [1.807, 2.05) is 13.8 Å². The molecule has 0 saturated carbocycles. The zero-order valence-corrected chi connectivity index (χ0v) is 12.2. The van der Waals surface area contributed by atoms with E-state index >= 15 is 0 Å². The van der Waals surface area contributed by atoms with Gasteiger partial charge in [-0.15, -0.1) is 29.3 Å². The molecule has 1 radical (unpaired) electrons. The SMILES string of the molecule is CC1(C)c2cc(F)c[c-]c2-c2ncc(F)cc21.[Ir]. The van der Waals surface area contributed by atoms with Gasteiger partial charge in [-0.05, 0) is 17.2 Å². The van der Waals surface area contributed by atoms with Crippen LogP contribution in [-0.2, 0) is 25.5 Å². The van der Waals surface area contributed by atoms with Crippen LogP contribution < -0.4 is 0 Å². The molecule has 0 aliphatic heterocycles. The summed E-state index contributed by atoms with van der Waals surface area (Å²) in [6.45, 7) is 3.87. The molecule has 4 heteroatoms. The molecule has 1 aromatic carbocycles. The molecule has 1 aliphatic rings. The van der Waals surface area contributed by atoms with Gasteiger partial charge in [0.1, 0.15) is 5.82 Å². The van der Waals surface area contributed by atoms with Crippen molar-refractivity contribution in [1.82, 2.24) is 4.98 Å². The first-order valence-corrected chi connectivity index (χ1v) is 5.38. The summed E-state index contributed by atoms with van der Waals surface area (Å²) in [7, 11) is 0. The van der Waals surface area contributed by atoms with Crippen molar-refractivity contribution >= 4 is 0 Å². The number of hydrogen-bond acceptors (Lipinski definition) is 1. The Morgan fingerprint density at radius 2 is 1.78 bits per heavy atom. The number of fused-ring (bicyclic) bond motifs is 3. The second-order valence-electron chi connectivity index (χ2n) is 4.78. The van der Waals surface area contributed by atoms with E-state index in [-0.39, 0.29) is 31.7 Å². The Hall–Kier alpha value is -1.12. The Balaban J connectivity index is 0.00000120. The second-order valence-corrected chi connectivity index (χ2v) is 4.78. The summed E-state index contributed by atoms with van der Waals surface area (Å²) in [5.41, 5.74) is 2.64. The fraction of sp³-hybridized carbons (Fsp3) is 0.214. The van der Waals surface area contributed by atoms with Crippen molar-refractivity contribution in [2.24, 2.45) is 0 Å². The van der Waals surface area contributed by atoms with E-state index in [1.165, 1.54) is 24.4 Å². The molecule has 0 bridgehead atoms. The van der Waals surface area contributed by atoms with Crippen molar-refractivity contribution in [2.45, 2.75) is 19.3 Å². The molecule has 1 aliphatic carbocycles. The van der Waals surface area contributed by atoms with Gasteiger partial charge in [-0.1, -0.05) is 19.4 Å². The Labute approximate surface area is 118 Å². The van der Waals surface area contributed by atoms with Gasteiger partial charge in [0.25, 0.3) is 0 Å². The largest absolute Gasteiger partial charge is 0.301 e. The van der Waals surface area contributed by atoms with Gasteiger partial charge in [-0.3, -0.25) is 4.39 Å². The molecule has 0 amide bonds. The quantitative estimate of drug-likeness (QED) is 0.593. The molecule has 0 saturated heterocycles. The molecule has 3 rings (SSSR count). The molecule has 1 heterocycles. The van der Waals surface area contributed by atoms with E-state index in [9.17, 15) is 8.78 Å². The summed E-state index contributed by atoms with van der Waals surface area (Å²) < 4.78 is 26.5. The summed E-state index contributed by atoms with van der Waals surface area (Å²) in [5, 5.41) is 0. The number of nitrogens with zero attached hydrogens (tertiary/aromatic N) is 1. The number of hydrogen-bond donors (Lipinski definition) is 0. The molecule has 2 aromatic rings. The zero-order chi connectivity index (χ0) is 12.2. The van der Waals surface area contributed by atoms with E-state index in [0.29, 0.717) is 5.69 Å². The van der Waals surface area contributed by atoms with Crippen molar-refractivity contribution in [1.29, 1.82) is 0 Å². The molecule has 0 spiro atoms. The molecule has 0 unspecified atom stereocenters. The third-order valence-corrected chi connectivity index (χ3v) is 3.34. The standard InChI is InChI=1S/C14H10F2N.Ir/c1-14(2)11-5-8(15)3-4-10(11)13-12(14)6-9(16)7-17-13;/h3,5-7H,1-2H3;/q-1;. The van der Waals surface area contributed by atoms with Gasteiger partial charge in [0, 0.05) is 25.9 Å². The Morgan fingerprint density at radius 1 is 1.11 bits per heavy atom. The number of benzene rings is 1. The van der Waals surface area contributed by atoms with Crippen molar-refractivity contribution < 1.29 is 28.9 Å². The zero-order valence-electron chi connectivity index (χ0n) is 9.85. The van der Waals surface area contributed by atoms with Crippen LogP contribution in [0.4, 0.5) is 8.78 Å². The van der Waals surface area contributed by atoms with Gasteiger partial charge in [-0.25, -0.2) is 4.39 Å². The van der Waals surface area contributed by atoms with Gasteiger partial charge in [0.15, 0.2) is 0 Å². The van der Waals surface area contributed by atoms with Crippen LogP contribution in [0.3, 0.4) is 0 Å². The third-order valence-electron chi connectivity index (χ3n) is 3.34. The molecule has 18 heavy (non-hydrogen) atoms. The minimum absolute atomic E-state index is 0. The number of pyridine rings is 1. The van der Waals surface area contributed by atoms with E-state index in [2.05, 4.69) is 11.1 Å². The maximum absolute atomic E-state index is 13.3. The van der Waals surface area contributed by atoms with Gasteiger partial charge < -0.3 is 4.98 Å². The average Bonchev–Trinajstić information content (AvgIpc) is 2.49. The topological polar surface area (TPSA) is 12.9 Å². The second kappa shape index (κ2) is 4.22.